The Morgan fingerprint density at radius 1 is 1.24 bits per heavy atom. The van der Waals surface area contributed by atoms with Crippen LogP contribution in [0.25, 0.3) is 10.9 Å². The van der Waals surface area contributed by atoms with Crippen molar-refractivity contribution in [2.24, 2.45) is 0 Å². The van der Waals surface area contributed by atoms with Crippen LogP contribution >= 0.6 is 0 Å². The Morgan fingerprint density at radius 3 is 2.62 bits per heavy atom. The minimum Gasteiger partial charge on any atom is -0.483 e. The van der Waals surface area contributed by atoms with E-state index in [1.54, 1.807) is 0 Å². The van der Waals surface area contributed by atoms with Crippen LogP contribution in [0.3, 0.4) is 0 Å². The number of nitrogens with zero attached hydrogens (tertiary/aromatic N) is 2. The summed E-state index contributed by atoms with van der Waals surface area (Å²) in [4.78, 5) is 24.1. The Balaban J connectivity index is 0.000000645. The summed E-state index contributed by atoms with van der Waals surface area (Å²) in [6, 6.07) is 6.24. The van der Waals surface area contributed by atoms with Gasteiger partial charge in [-0.1, -0.05) is 6.42 Å². The van der Waals surface area contributed by atoms with E-state index in [2.05, 4.69) is 21.8 Å². The molecule has 2 fully saturated rings. The maximum Gasteiger partial charge on any atom is 0.290 e. The van der Waals surface area contributed by atoms with E-state index in [4.69, 9.17) is 9.90 Å². The summed E-state index contributed by atoms with van der Waals surface area (Å²) in [5.41, 5.74) is 2.78. The van der Waals surface area contributed by atoms with E-state index >= 15 is 0 Å². The van der Waals surface area contributed by atoms with Crippen LogP contribution in [0.5, 0.6) is 0 Å². The van der Waals surface area contributed by atoms with E-state index in [9.17, 15) is 9.18 Å². The lowest BCUT2D eigenvalue weighted by atomic mass is 9.82. The first-order valence-electron chi connectivity index (χ1n) is 10.4. The van der Waals surface area contributed by atoms with Gasteiger partial charge in [-0.15, -0.1) is 0 Å². The third kappa shape index (κ3) is 3.64. The molecule has 1 aromatic heterocycles. The number of halogens is 1. The number of rotatable bonds is 2. The lowest BCUT2D eigenvalue weighted by Crippen LogP contribution is -2.55. The second-order valence-electron chi connectivity index (χ2n) is 8.39. The number of benzene rings is 1. The average Bonchev–Trinajstić information content (AvgIpc) is 3.23. The molecule has 7 heteroatoms. The highest BCUT2D eigenvalue weighted by Crippen LogP contribution is 2.34. The highest BCUT2D eigenvalue weighted by Gasteiger charge is 2.37. The maximum atomic E-state index is 13.9. The molecule has 1 amide bonds. The van der Waals surface area contributed by atoms with Crippen LogP contribution in [0.15, 0.2) is 18.2 Å². The van der Waals surface area contributed by atoms with Crippen LogP contribution in [0.4, 0.5) is 4.39 Å². The standard InChI is InChI=1S/C21H26FN3O.CH2O2/c1-24-15-4-2-5-16(24)12-14(11-15)23-21(26)20-17-10-13(22)7-8-18(17)25-9-3-6-19(20)25;2-1-3/h7-8,10,14-16H,2-6,9,11-12H2,1H3,(H,23,26);1H,(H,2,3). The molecule has 29 heavy (non-hydrogen) atoms. The number of hydrogen-bond donors (Lipinski definition) is 2. The first kappa shape index (κ1) is 19.9. The van der Waals surface area contributed by atoms with Crippen LogP contribution in [0, 0.1) is 5.82 Å². The van der Waals surface area contributed by atoms with E-state index in [-0.39, 0.29) is 24.2 Å². The van der Waals surface area contributed by atoms with Gasteiger partial charge in [0, 0.05) is 41.3 Å². The van der Waals surface area contributed by atoms with Gasteiger partial charge < -0.3 is 19.9 Å². The SMILES string of the molecule is CN1C2CCCC1CC(NC(=O)c1c3n(c4ccc(F)cc14)CCC3)C2.O=CO. The fraction of sp³-hybridized carbons (Fsp3) is 0.545. The zero-order valence-electron chi connectivity index (χ0n) is 16.7. The van der Waals surface area contributed by atoms with E-state index < -0.39 is 0 Å². The minimum atomic E-state index is -0.273. The smallest absolute Gasteiger partial charge is 0.290 e. The monoisotopic (exact) mass is 401 g/mol. The summed E-state index contributed by atoms with van der Waals surface area (Å²) in [5.74, 6) is -0.284. The van der Waals surface area contributed by atoms with Gasteiger partial charge in [0.05, 0.1) is 5.56 Å². The average molecular weight is 401 g/mol. The molecule has 3 aliphatic rings. The number of fused-ring (bicyclic) bond motifs is 5. The molecule has 0 spiro atoms. The number of aromatic nitrogens is 1. The zero-order chi connectivity index (χ0) is 20.5. The van der Waals surface area contributed by atoms with E-state index in [1.807, 2.05) is 6.07 Å². The number of amides is 1. The molecule has 2 atom stereocenters. The quantitative estimate of drug-likeness (QED) is 0.758. The number of piperidine rings is 2. The fourth-order valence-corrected chi connectivity index (χ4v) is 5.54. The lowest BCUT2D eigenvalue weighted by Gasteiger charge is -2.47. The summed E-state index contributed by atoms with van der Waals surface area (Å²) in [6.45, 7) is 0.670. The highest BCUT2D eigenvalue weighted by molar-refractivity contribution is 6.08. The Morgan fingerprint density at radius 2 is 1.93 bits per heavy atom. The number of carbonyl (C=O) groups excluding carboxylic acids is 1. The predicted molar refractivity (Wildman–Crippen MR) is 109 cm³/mol. The van der Waals surface area contributed by atoms with Crippen molar-refractivity contribution in [3.63, 3.8) is 0 Å². The summed E-state index contributed by atoms with van der Waals surface area (Å²) in [6.07, 6.45) is 7.78. The number of aryl methyl sites for hydroxylation is 1. The largest absolute Gasteiger partial charge is 0.483 e. The van der Waals surface area contributed by atoms with Crippen molar-refractivity contribution < 1.29 is 19.1 Å². The molecule has 156 valence electrons. The minimum absolute atomic E-state index is 0.0103. The predicted octanol–water partition coefficient (Wildman–Crippen LogP) is 3.17. The van der Waals surface area contributed by atoms with Gasteiger partial charge in [-0.2, -0.15) is 0 Å². The molecule has 0 saturated carbocycles. The van der Waals surface area contributed by atoms with Crippen LogP contribution in [0.2, 0.25) is 0 Å². The van der Waals surface area contributed by atoms with Crippen molar-refractivity contribution in [2.75, 3.05) is 7.05 Å². The van der Waals surface area contributed by atoms with Gasteiger partial charge in [0.1, 0.15) is 5.82 Å². The number of hydrogen-bond acceptors (Lipinski definition) is 3. The second kappa shape index (κ2) is 8.14. The van der Waals surface area contributed by atoms with Gasteiger partial charge in [0.2, 0.25) is 0 Å². The van der Waals surface area contributed by atoms with Crippen molar-refractivity contribution in [3.8, 4) is 0 Å². The van der Waals surface area contributed by atoms with E-state index in [0.717, 1.165) is 48.8 Å². The Labute approximate surface area is 169 Å². The van der Waals surface area contributed by atoms with Gasteiger partial charge in [-0.25, -0.2) is 4.39 Å². The van der Waals surface area contributed by atoms with Gasteiger partial charge >= 0.3 is 0 Å². The Kier molecular flexibility index (Phi) is 5.58. The molecule has 2 bridgehead atoms. The van der Waals surface area contributed by atoms with Crippen molar-refractivity contribution >= 4 is 23.3 Å². The third-order valence-electron chi connectivity index (χ3n) is 6.83. The van der Waals surface area contributed by atoms with Crippen LogP contribution in [0.1, 0.15) is 54.6 Å². The fourth-order valence-electron chi connectivity index (χ4n) is 5.54. The van der Waals surface area contributed by atoms with Crippen LogP contribution < -0.4 is 5.32 Å². The van der Waals surface area contributed by atoms with Gasteiger partial charge in [-0.3, -0.25) is 9.59 Å². The lowest BCUT2D eigenvalue weighted by molar-refractivity contribution is -0.122. The molecular weight excluding hydrogens is 373 g/mol. The topological polar surface area (TPSA) is 74.6 Å². The molecule has 0 aliphatic carbocycles. The Hall–Kier alpha value is -2.41. The molecule has 2 aromatic rings. The molecule has 2 unspecified atom stereocenters. The molecule has 0 radical (unpaired) electrons. The van der Waals surface area contributed by atoms with Crippen LogP contribution in [-0.4, -0.2) is 52.1 Å². The van der Waals surface area contributed by atoms with Crippen molar-refractivity contribution in [3.05, 3.63) is 35.3 Å². The molecule has 3 aliphatic heterocycles. The molecule has 1 aromatic carbocycles. The maximum absolute atomic E-state index is 13.9. The number of carboxylic acid groups (broad SMARTS) is 1. The zero-order valence-corrected chi connectivity index (χ0v) is 16.7. The van der Waals surface area contributed by atoms with Gasteiger partial charge in [0.15, 0.2) is 0 Å². The first-order chi connectivity index (χ1) is 14.0. The molecule has 2 saturated heterocycles. The first-order valence-corrected chi connectivity index (χ1v) is 10.4. The summed E-state index contributed by atoms with van der Waals surface area (Å²) < 4.78 is 16.1. The number of nitrogens with one attached hydrogen (secondary N) is 1. The Bertz CT molecular complexity index is 912. The van der Waals surface area contributed by atoms with E-state index in [1.165, 1.54) is 31.4 Å². The molecule has 6 nitrogen and oxygen atoms in total. The molecule has 5 rings (SSSR count). The normalized spacial score (nSPS) is 25.8. The molecule has 2 N–H and O–H groups in total. The second-order valence-corrected chi connectivity index (χ2v) is 8.39. The van der Waals surface area contributed by atoms with Crippen LogP contribution in [-0.2, 0) is 17.8 Å². The third-order valence-corrected chi connectivity index (χ3v) is 6.83. The summed E-state index contributed by atoms with van der Waals surface area (Å²) in [7, 11) is 2.23. The van der Waals surface area contributed by atoms with E-state index in [0.29, 0.717) is 17.6 Å². The van der Waals surface area contributed by atoms with Crippen molar-refractivity contribution in [2.45, 2.75) is 69.6 Å². The molecule has 4 heterocycles. The molecular formula is C22H28FN3O3. The van der Waals surface area contributed by atoms with Crippen molar-refractivity contribution in [1.82, 2.24) is 14.8 Å². The van der Waals surface area contributed by atoms with Gasteiger partial charge in [0.25, 0.3) is 12.4 Å². The van der Waals surface area contributed by atoms with Gasteiger partial charge in [-0.05, 0) is 63.8 Å². The summed E-state index contributed by atoms with van der Waals surface area (Å²) >= 11 is 0. The highest BCUT2D eigenvalue weighted by atomic mass is 19.1. The van der Waals surface area contributed by atoms with Crippen molar-refractivity contribution in [1.29, 1.82) is 0 Å². The summed E-state index contributed by atoms with van der Waals surface area (Å²) in [5, 5.41) is 11.0. The number of carbonyl (C=O) groups is 2.